The molecule has 0 saturated heterocycles. The summed E-state index contributed by atoms with van der Waals surface area (Å²) in [6.45, 7) is 9.65. The lowest BCUT2D eigenvalue weighted by atomic mass is 10.1. The predicted octanol–water partition coefficient (Wildman–Crippen LogP) is 2.19. The molecule has 20 heavy (non-hydrogen) atoms. The van der Waals surface area contributed by atoms with Crippen molar-refractivity contribution in [3.8, 4) is 0 Å². The summed E-state index contributed by atoms with van der Waals surface area (Å²) >= 11 is 0. The molecule has 4 heteroatoms. The molecular weight excluding hydrogens is 250 g/mol. The van der Waals surface area contributed by atoms with Gasteiger partial charge < -0.3 is 9.47 Å². The SMILES string of the molecule is CCn1c(C)cc(C(=O)CN(C)CCCN(C)C)c1C. The van der Waals surface area contributed by atoms with E-state index in [1.807, 2.05) is 20.0 Å². The van der Waals surface area contributed by atoms with Gasteiger partial charge in [-0.1, -0.05) is 0 Å². The fourth-order valence-corrected chi connectivity index (χ4v) is 2.64. The van der Waals surface area contributed by atoms with Crippen LogP contribution in [0.4, 0.5) is 0 Å². The van der Waals surface area contributed by atoms with Gasteiger partial charge in [-0.05, 0) is 67.5 Å². The summed E-state index contributed by atoms with van der Waals surface area (Å²) in [5.41, 5.74) is 3.14. The molecule has 0 spiro atoms. The smallest absolute Gasteiger partial charge is 0.178 e. The van der Waals surface area contributed by atoms with Gasteiger partial charge in [-0.3, -0.25) is 9.69 Å². The van der Waals surface area contributed by atoms with Gasteiger partial charge in [0.05, 0.1) is 6.54 Å². The van der Waals surface area contributed by atoms with Crippen LogP contribution in [0.1, 0.15) is 35.1 Å². The molecule has 0 aliphatic rings. The van der Waals surface area contributed by atoms with Gasteiger partial charge in [-0.25, -0.2) is 0 Å². The Hall–Kier alpha value is -1.13. The van der Waals surface area contributed by atoms with Crippen molar-refractivity contribution in [2.24, 2.45) is 0 Å². The van der Waals surface area contributed by atoms with E-state index in [9.17, 15) is 4.79 Å². The number of hydrogen-bond donors (Lipinski definition) is 0. The van der Waals surface area contributed by atoms with Crippen LogP contribution in [-0.2, 0) is 6.54 Å². The molecule has 0 fully saturated rings. The van der Waals surface area contributed by atoms with Crippen LogP contribution in [0, 0.1) is 13.8 Å². The Bertz CT molecular complexity index is 449. The molecule has 0 bridgehead atoms. The first-order chi connectivity index (χ1) is 9.36. The second kappa shape index (κ2) is 7.60. The average molecular weight is 279 g/mol. The highest BCUT2D eigenvalue weighted by molar-refractivity contribution is 5.99. The Balaban J connectivity index is 2.58. The normalized spacial score (nSPS) is 11.6. The lowest BCUT2D eigenvalue weighted by molar-refractivity contribution is 0.0944. The molecular formula is C16H29N3O. The largest absolute Gasteiger partial charge is 0.349 e. The van der Waals surface area contributed by atoms with Crippen molar-refractivity contribution in [3.63, 3.8) is 0 Å². The van der Waals surface area contributed by atoms with E-state index < -0.39 is 0 Å². The molecule has 1 rings (SSSR count). The number of rotatable bonds is 8. The molecule has 1 heterocycles. The monoisotopic (exact) mass is 279 g/mol. The number of aromatic nitrogens is 1. The zero-order valence-electron chi connectivity index (χ0n) is 13.9. The van der Waals surface area contributed by atoms with Crippen molar-refractivity contribution in [3.05, 3.63) is 23.0 Å². The molecule has 0 radical (unpaired) electrons. The van der Waals surface area contributed by atoms with E-state index in [4.69, 9.17) is 0 Å². The van der Waals surface area contributed by atoms with E-state index in [1.54, 1.807) is 0 Å². The summed E-state index contributed by atoms with van der Waals surface area (Å²) in [6.07, 6.45) is 1.09. The number of aryl methyl sites for hydroxylation is 1. The van der Waals surface area contributed by atoms with Crippen LogP contribution in [0.3, 0.4) is 0 Å². The summed E-state index contributed by atoms with van der Waals surface area (Å²) in [7, 11) is 6.17. The standard InChI is InChI=1S/C16H29N3O/c1-7-19-13(2)11-15(14(19)3)16(20)12-18(6)10-8-9-17(4)5/h11H,7-10,12H2,1-6H3. The van der Waals surface area contributed by atoms with Crippen molar-refractivity contribution in [2.45, 2.75) is 33.7 Å². The number of Topliss-reactive ketones (excluding diaryl/α,β-unsaturated/α-hetero) is 1. The first-order valence-electron chi connectivity index (χ1n) is 7.40. The lowest BCUT2D eigenvalue weighted by Crippen LogP contribution is -2.29. The van der Waals surface area contributed by atoms with E-state index in [2.05, 4.69) is 42.3 Å². The third-order valence-electron chi connectivity index (χ3n) is 3.75. The second-order valence-corrected chi connectivity index (χ2v) is 5.85. The quantitative estimate of drug-likeness (QED) is 0.683. The van der Waals surface area contributed by atoms with E-state index in [0.717, 1.165) is 37.3 Å². The van der Waals surface area contributed by atoms with Crippen molar-refractivity contribution < 1.29 is 4.79 Å². The van der Waals surface area contributed by atoms with Crippen LogP contribution in [0.25, 0.3) is 0 Å². The van der Waals surface area contributed by atoms with Crippen molar-refractivity contribution in [1.82, 2.24) is 14.4 Å². The van der Waals surface area contributed by atoms with Crippen molar-refractivity contribution in [2.75, 3.05) is 40.8 Å². The first kappa shape index (κ1) is 16.9. The van der Waals surface area contributed by atoms with Crippen molar-refractivity contribution >= 4 is 5.78 Å². The third-order valence-corrected chi connectivity index (χ3v) is 3.75. The summed E-state index contributed by atoms with van der Waals surface area (Å²) in [6, 6.07) is 2.02. The van der Waals surface area contributed by atoms with Gasteiger partial charge >= 0.3 is 0 Å². The highest BCUT2D eigenvalue weighted by Crippen LogP contribution is 2.15. The van der Waals surface area contributed by atoms with Crippen LogP contribution in [0.15, 0.2) is 6.07 Å². The Morgan fingerprint density at radius 1 is 1.20 bits per heavy atom. The number of carbonyl (C=O) groups excluding carboxylic acids is 1. The van der Waals surface area contributed by atoms with Crippen LogP contribution in [-0.4, -0.2) is 60.9 Å². The van der Waals surface area contributed by atoms with Crippen LogP contribution in [0.2, 0.25) is 0 Å². The van der Waals surface area contributed by atoms with E-state index >= 15 is 0 Å². The minimum Gasteiger partial charge on any atom is -0.349 e. The van der Waals surface area contributed by atoms with Gasteiger partial charge in [-0.15, -0.1) is 0 Å². The maximum Gasteiger partial charge on any atom is 0.178 e. The summed E-state index contributed by atoms with van der Waals surface area (Å²) in [4.78, 5) is 16.7. The highest BCUT2D eigenvalue weighted by atomic mass is 16.1. The number of hydrogen-bond acceptors (Lipinski definition) is 3. The first-order valence-corrected chi connectivity index (χ1v) is 7.40. The Morgan fingerprint density at radius 2 is 1.85 bits per heavy atom. The minimum atomic E-state index is 0.227. The van der Waals surface area contributed by atoms with Crippen LogP contribution >= 0.6 is 0 Å². The van der Waals surface area contributed by atoms with Crippen LogP contribution < -0.4 is 0 Å². The summed E-state index contributed by atoms with van der Waals surface area (Å²) in [5.74, 6) is 0.227. The number of carbonyl (C=O) groups is 1. The molecule has 0 amide bonds. The van der Waals surface area contributed by atoms with Gasteiger partial charge in [0.1, 0.15) is 0 Å². The molecule has 0 saturated carbocycles. The Labute approximate surface area is 123 Å². The number of ketones is 1. The fraction of sp³-hybridized carbons (Fsp3) is 0.688. The number of likely N-dealkylation sites (N-methyl/N-ethyl adjacent to an activating group) is 1. The average Bonchev–Trinajstić information content (AvgIpc) is 2.63. The maximum atomic E-state index is 12.4. The molecule has 0 N–H and O–H groups in total. The molecule has 0 unspecified atom stereocenters. The lowest BCUT2D eigenvalue weighted by Gasteiger charge is -2.17. The molecule has 0 atom stereocenters. The second-order valence-electron chi connectivity index (χ2n) is 5.85. The summed E-state index contributed by atoms with van der Waals surface area (Å²) in [5, 5.41) is 0. The van der Waals surface area contributed by atoms with E-state index in [1.165, 1.54) is 5.69 Å². The fourth-order valence-electron chi connectivity index (χ4n) is 2.64. The summed E-state index contributed by atoms with van der Waals surface area (Å²) < 4.78 is 2.19. The van der Waals surface area contributed by atoms with Gasteiger partial charge in [0.25, 0.3) is 0 Å². The molecule has 0 aliphatic carbocycles. The predicted molar refractivity (Wildman–Crippen MR) is 84.6 cm³/mol. The number of nitrogens with zero attached hydrogens (tertiary/aromatic N) is 3. The highest BCUT2D eigenvalue weighted by Gasteiger charge is 2.16. The molecule has 114 valence electrons. The molecule has 0 aliphatic heterocycles. The minimum absolute atomic E-state index is 0.227. The van der Waals surface area contributed by atoms with Crippen LogP contribution in [0.5, 0.6) is 0 Å². The van der Waals surface area contributed by atoms with Gasteiger partial charge in [0, 0.05) is 23.5 Å². The zero-order chi connectivity index (χ0) is 15.3. The van der Waals surface area contributed by atoms with Gasteiger partial charge in [0.2, 0.25) is 0 Å². The zero-order valence-corrected chi connectivity index (χ0v) is 13.9. The molecule has 4 nitrogen and oxygen atoms in total. The van der Waals surface area contributed by atoms with E-state index in [-0.39, 0.29) is 5.78 Å². The maximum absolute atomic E-state index is 12.4. The Morgan fingerprint density at radius 3 is 2.35 bits per heavy atom. The van der Waals surface area contributed by atoms with E-state index in [0.29, 0.717) is 6.54 Å². The van der Waals surface area contributed by atoms with Gasteiger partial charge in [-0.2, -0.15) is 0 Å². The molecule has 1 aromatic rings. The molecule has 0 aromatic carbocycles. The Kier molecular flexibility index (Phi) is 6.43. The van der Waals surface area contributed by atoms with Gasteiger partial charge in [0.15, 0.2) is 5.78 Å². The molecule has 1 aromatic heterocycles. The topological polar surface area (TPSA) is 28.5 Å². The van der Waals surface area contributed by atoms with Crippen molar-refractivity contribution in [1.29, 1.82) is 0 Å². The third kappa shape index (κ3) is 4.46.